The third-order valence-corrected chi connectivity index (χ3v) is 4.97. The molecule has 10 heteroatoms. The molecule has 1 heterocycles. The van der Waals surface area contributed by atoms with Gasteiger partial charge in [-0.15, -0.1) is 0 Å². The van der Waals surface area contributed by atoms with Crippen LogP contribution in [0.25, 0.3) is 10.9 Å². The highest BCUT2D eigenvalue weighted by molar-refractivity contribution is 9.10. The van der Waals surface area contributed by atoms with Gasteiger partial charge in [0.1, 0.15) is 5.82 Å². The second-order valence-corrected chi connectivity index (χ2v) is 8.87. The van der Waals surface area contributed by atoms with Crippen molar-refractivity contribution < 1.29 is 9.66 Å². The first-order valence-corrected chi connectivity index (χ1v) is 9.99. The number of hydrogen-bond donors (Lipinski definition) is 0. The summed E-state index contributed by atoms with van der Waals surface area (Å²) >= 11 is 9.39. The minimum atomic E-state index is -0.593. The lowest BCUT2D eigenvalue weighted by Gasteiger charge is -2.21. The molecule has 0 bridgehead atoms. The number of fused-ring (bicyclic) bond motifs is 1. The van der Waals surface area contributed by atoms with Crippen LogP contribution in [0, 0.1) is 10.1 Å². The van der Waals surface area contributed by atoms with E-state index < -0.39 is 10.3 Å². The zero-order valence-electron chi connectivity index (χ0n) is 16.6. The van der Waals surface area contributed by atoms with Gasteiger partial charge in [-0.05, 0) is 24.3 Å². The van der Waals surface area contributed by atoms with Crippen molar-refractivity contribution in [1.82, 2.24) is 9.66 Å². The van der Waals surface area contributed by atoms with Crippen LogP contribution in [0.3, 0.4) is 0 Å². The summed E-state index contributed by atoms with van der Waals surface area (Å²) < 4.78 is 7.13. The highest BCUT2D eigenvalue weighted by Gasteiger charge is 2.24. The van der Waals surface area contributed by atoms with E-state index in [1.807, 2.05) is 26.8 Å². The predicted octanol–water partition coefficient (Wildman–Crippen LogP) is 4.91. The van der Waals surface area contributed by atoms with Gasteiger partial charge < -0.3 is 4.74 Å². The summed E-state index contributed by atoms with van der Waals surface area (Å²) in [6, 6.07) is 7.91. The summed E-state index contributed by atoms with van der Waals surface area (Å²) in [5.41, 5.74) is -0.343. The Morgan fingerprint density at radius 3 is 2.60 bits per heavy atom. The van der Waals surface area contributed by atoms with E-state index in [0.717, 1.165) is 4.47 Å². The van der Waals surface area contributed by atoms with Gasteiger partial charge in [0.05, 0.1) is 29.2 Å². The molecular weight excluding hydrogens is 476 g/mol. The zero-order chi connectivity index (χ0) is 22.2. The van der Waals surface area contributed by atoms with Crippen molar-refractivity contribution in [3.8, 4) is 5.75 Å². The molecule has 0 aliphatic heterocycles. The number of ether oxygens (including phenoxy) is 1. The Bertz CT molecular complexity index is 1250. The number of hydrogen-bond acceptors (Lipinski definition) is 6. The highest BCUT2D eigenvalue weighted by Crippen LogP contribution is 2.33. The lowest BCUT2D eigenvalue weighted by molar-refractivity contribution is -0.385. The van der Waals surface area contributed by atoms with E-state index in [1.165, 1.54) is 30.1 Å². The monoisotopic (exact) mass is 492 g/mol. The fourth-order valence-corrected chi connectivity index (χ4v) is 3.50. The van der Waals surface area contributed by atoms with E-state index in [-0.39, 0.29) is 27.6 Å². The van der Waals surface area contributed by atoms with Crippen molar-refractivity contribution in [3.05, 3.63) is 71.7 Å². The SMILES string of the molecule is COc1c(C=Nn2c(C(C)(C)C)nc3ccc(Br)cc3c2=O)cc(Cl)cc1[N+](=O)[O-]. The third-order valence-electron chi connectivity index (χ3n) is 4.26. The fourth-order valence-electron chi connectivity index (χ4n) is 2.91. The van der Waals surface area contributed by atoms with Gasteiger partial charge >= 0.3 is 5.69 Å². The van der Waals surface area contributed by atoms with Crippen molar-refractivity contribution in [1.29, 1.82) is 0 Å². The molecule has 0 amide bonds. The van der Waals surface area contributed by atoms with Crippen LogP contribution in [0.2, 0.25) is 5.02 Å². The van der Waals surface area contributed by atoms with Crippen LogP contribution in [-0.2, 0) is 5.41 Å². The summed E-state index contributed by atoms with van der Waals surface area (Å²) in [4.78, 5) is 28.6. The second kappa shape index (κ2) is 8.16. The summed E-state index contributed by atoms with van der Waals surface area (Å²) in [5.74, 6) is 0.434. The molecule has 0 fully saturated rings. The summed E-state index contributed by atoms with van der Waals surface area (Å²) in [6.45, 7) is 5.74. The van der Waals surface area contributed by atoms with Gasteiger partial charge in [0, 0.05) is 26.5 Å². The topological polar surface area (TPSA) is 99.6 Å². The molecule has 2 aromatic carbocycles. The van der Waals surface area contributed by atoms with Gasteiger partial charge in [-0.3, -0.25) is 14.9 Å². The van der Waals surface area contributed by atoms with E-state index in [1.54, 1.807) is 12.1 Å². The normalized spacial score (nSPS) is 11.9. The smallest absolute Gasteiger partial charge is 0.313 e. The molecule has 0 spiro atoms. The minimum absolute atomic E-state index is 0.00463. The molecular formula is C20H18BrClN4O4. The zero-order valence-corrected chi connectivity index (χ0v) is 19.0. The molecule has 0 atom stereocenters. The maximum Gasteiger partial charge on any atom is 0.313 e. The highest BCUT2D eigenvalue weighted by atomic mass is 79.9. The third kappa shape index (κ3) is 4.22. The first kappa shape index (κ1) is 21.9. The van der Waals surface area contributed by atoms with Crippen LogP contribution in [0.4, 0.5) is 5.69 Å². The van der Waals surface area contributed by atoms with E-state index in [4.69, 9.17) is 16.3 Å². The number of rotatable bonds is 4. The fraction of sp³-hybridized carbons (Fsp3) is 0.250. The van der Waals surface area contributed by atoms with Crippen molar-refractivity contribution >= 4 is 50.3 Å². The standard InChI is InChI=1S/C20H18BrClN4O4/c1-20(2,3)19-24-15-6-5-12(21)8-14(15)18(27)25(19)23-10-11-7-13(22)9-16(26(28)29)17(11)30-4/h5-10H,1-4H3. The van der Waals surface area contributed by atoms with Crippen LogP contribution < -0.4 is 10.3 Å². The number of methoxy groups -OCH3 is 1. The molecule has 0 N–H and O–H groups in total. The van der Waals surface area contributed by atoms with Gasteiger partial charge in [-0.25, -0.2) is 4.98 Å². The molecule has 1 aromatic heterocycles. The molecule has 0 radical (unpaired) electrons. The Kier molecular flexibility index (Phi) is 5.96. The lowest BCUT2D eigenvalue weighted by Crippen LogP contribution is -2.29. The number of aromatic nitrogens is 2. The predicted molar refractivity (Wildman–Crippen MR) is 120 cm³/mol. The van der Waals surface area contributed by atoms with Crippen LogP contribution in [0.5, 0.6) is 5.75 Å². The maximum atomic E-state index is 13.2. The molecule has 0 aliphatic carbocycles. The first-order valence-electron chi connectivity index (χ1n) is 8.82. The van der Waals surface area contributed by atoms with Crippen LogP contribution >= 0.6 is 27.5 Å². The van der Waals surface area contributed by atoms with Gasteiger partial charge in [-0.1, -0.05) is 48.3 Å². The Morgan fingerprint density at radius 2 is 2.00 bits per heavy atom. The van der Waals surface area contributed by atoms with Crippen LogP contribution in [0.1, 0.15) is 32.2 Å². The van der Waals surface area contributed by atoms with Crippen molar-refractivity contribution in [2.24, 2.45) is 5.10 Å². The molecule has 156 valence electrons. The molecule has 0 aliphatic rings. The summed E-state index contributed by atoms with van der Waals surface area (Å²) in [6.07, 6.45) is 1.31. The number of halogens is 2. The minimum Gasteiger partial charge on any atom is -0.490 e. The lowest BCUT2D eigenvalue weighted by atomic mass is 9.95. The maximum absolute atomic E-state index is 13.2. The average Bonchev–Trinajstić information content (AvgIpc) is 2.66. The first-order chi connectivity index (χ1) is 14.0. The van der Waals surface area contributed by atoms with Crippen molar-refractivity contribution in [3.63, 3.8) is 0 Å². The van der Waals surface area contributed by atoms with E-state index in [2.05, 4.69) is 26.0 Å². The largest absolute Gasteiger partial charge is 0.490 e. The van der Waals surface area contributed by atoms with Gasteiger partial charge in [0.25, 0.3) is 5.56 Å². The van der Waals surface area contributed by atoms with E-state index >= 15 is 0 Å². The molecule has 30 heavy (non-hydrogen) atoms. The number of nitro benzene ring substituents is 1. The molecule has 0 saturated carbocycles. The summed E-state index contributed by atoms with van der Waals surface area (Å²) in [5, 5.41) is 16.2. The summed E-state index contributed by atoms with van der Waals surface area (Å²) in [7, 11) is 1.31. The van der Waals surface area contributed by atoms with Crippen LogP contribution in [0.15, 0.2) is 44.7 Å². The second-order valence-electron chi connectivity index (χ2n) is 7.51. The van der Waals surface area contributed by atoms with Crippen molar-refractivity contribution in [2.45, 2.75) is 26.2 Å². The van der Waals surface area contributed by atoms with Gasteiger partial charge in [0.2, 0.25) is 5.75 Å². The van der Waals surface area contributed by atoms with Gasteiger partial charge in [0.15, 0.2) is 0 Å². The molecule has 0 unspecified atom stereocenters. The van der Waals surface area contributed by atoms with Crippen LogP contribution in [-0.4, -0.2) is 27.9 Å². The molecule has 8 nitrogen and oxygen atoms in total. The Hall–Kier alpha value is -2.78. The Morgan fingerprint density at radius 1 is 1.30 bits per heavy atom. The Labute approximate surface area is 185 Å². The molecule has 3 aromatic rings. The number of benzene rings is 2. The Balaban J connectivity index is 2.28. The van der Waals surface area contributed by atoms with Crippen molar-refractivity contribution in [2.75, 3.05) is 7.11 Å². The average molecular weight is 494 g/mol. The van der Waals surface area contributed by atoms with E-state index in [9.17, 15) is 14.9 Å². The molecule has 0 saturated heterocycles. The molecule has 3 rings (SSSR count). The van der Waals surface area contributed by atoms with Gasteiger partial charge in [-0.2, -0.15) is 9.78 Å². The number of nitro groups is 1. The van der Waals surface area contributed by atoms with E-state index in [0.29, 0.717) is 16.7 Å². The quantitative estimate of drug-likeness (QED) is 0.292. The number of nitrogens with zero attached hydrogens (tertiary/aromatic N) is 4.